The van der Waals surface area contributed by atoms with E-state index in [4.69, 9.17) is 0 Å². The first-order valence-corrected chi connectivity index (χ1v) is 7.42. The number of halogens is 3. The van der Waals surface area contributed by atoms with Crippen molar-refractivity contribution in [3.05, 3.63) is 63.6 Å². The van der Waals surface area contributed by atoms with Crippen LogP contribution in [0.15, 0.2) is 41.3 Å². The minimum Gasteiger partial charge on any atom is -0.345 e. The van der Waals surface area contributed by atoms with Gasteiger partial charge in [0.15, 0.2) is 0 Å². The molecule has 2 rings (SSSR count). The molecule has 2 amide bonds. The van der Waals surface area contributed by atoms with Gasteiger partial charge >= 0.3 is 6.18 Å². The summed E-state index contributed by atoms with van der Waals surface area (Å²) in [5.41, 5.74) is -2.57. The number of hydrogen-bond donors (Lipinski definition) is 1. The third-order valence-corrected chi connectivity index (χ3v) is 3.56. The lowest BCUT2D eigenvalue weighted by Crippen LogP contribution is -2.29. The van der Waals surface area contributed by atoms with Gasteiger partial charge in [-0.25, -0.2) is 0 Å². The monoisotopic (exact) mass is 367 g/mol. The van der Waals surface area contributed by atoms with Crippen molar-refractivity contribution < 1.29 is 22.8 Å². The van der Waals surface area contributed by atoms with Crippen LogP contribution in [0.5, 0.6) is 0 Å². The van der Waals surface area contributed by atoms with Crippen LogP contribution in [0, 0.1) is 0 Å². The molecule has 6 nitrogen and oxygen atoms in total. The van der Waals surface area contributed by atoms with E-state index in [9.17, 15) is 27.6 Å². The standard InChI is InChI=1S/C17H16F3N3O3/c1-22(2)15(25)10-8-13(16(26)23(3)9-10)21-14(24)11-6-4-5-7-12(11)17(18,19)20/h4-9H,1-3H3,(H,21,24). The lowest BCUT2D eigenvalue weighted by Gasteiger charge is -2.15. The summed E-state index contributed by atoms with van der Waals surface area (Å²) in [5.74, 6) is -1.52. The van der Waals surface area contributed by atoms with Gasteiger partial charge in [0.05, 0.1) is 16.7 Å². The Morgan fingerprint density at radius 2 is 1.77 bits per heavy atom. The van der Waals surface area contributed by atoms with E-state index in [1.54, 1.807) is 0 Å². The molecule has 1 aromatic heterocycles. The third-order valence-electron chi connectivity index (χ3n) is 3.56. The highest BCUT2D eigenvalue weighted by Gasteiger charge is 2.35. The maximum absolute atomic E-state index is 13.1. The largest absolute Gasteiger partial charge is 0.417 e. The number of hydrogen-bond acceptors (Lipinski definition) is 3. The predicted octanol–water partition coefficient (Wildman–Crippen LogP) is 2.36. The normalized spacial score (nSPS) is 11.2. The molecule has 138 valence electrons. The van der Waals surface area contributed by atoms with Gasteiger partial charge in [0.25, 0.3) is 17.4 Å². The van der Waals surface area contributed by atoms with E-state index in [1.807, 2.05) is 0 Å². The van der Waals surface area contributed by atoms with Crippen molar-refractivity contribution in [1.82, 2.24) is 9.47 Å². The van der Waals surface area contributed by atoms with Gasteiger partial charge in [-0.1, -0.05) is 12.1 Å². The molecule has 0 saturated carbocycles. The topological polar surface area (TPSA) is 71.4 Å². The minimum atomic E-state index is -4.72. The highest BCUT2D eigenvalue weighted by Crippen LogP contribution is 2.32. The number of alkyl halides is 3. The number of rotatable bonds is 3. The number of aryl methyl sites for hydroxylation is 1. The number of nitrogens with zero attached hydrogens (tertiary/aromatic N) is 2. The Bertz CT molecular complexity index is 917. The smallest absolute Gasteiger partial charge is 0.345 e. The summed E-state index contributed by atoms with van der Waals surface area (Å²) in [4.78, 5) is 37.8. The van der Waals surface area contributed by atoms with E-state index in [0.717, 1.165) is 28.8 Å². The fraction of sp³-hybridized carbons (Fsp3) is 0.235. The first-order valence-electron chi connectivity index (χ1n) is 7.42. The first-order chi connectivity index (χ1) is 12.0. The molecule has 1 heterocycles. The van der Waals surface area contributed by atoms with Gasteiger partial charge < -0.3 is 14.8 Å². The van der Waals surface area contributed by atoms with Gasteiger partial charge in [-0.2, -0.15) is 13.2 Å². The van der Waals surface area contributed by atoms with Crippen molar-refractivity contribution >= 4 is 17.5 Å². The maximum atomic E-state index is 13.1. The van der Waals surface area contributed by atoms with Gasteiger partial charge in [-0.3, -0.25) is 14.4 Å². The van der Waals surface area contributed by atoms with Gasteiger partial charge in [-0.05, 0) is 18.2 Å². The molecule has 1 aromatic carbocycles. The van der Waals surface area contributed by atoms with Crippen LogP contribution in [0.2, 0.25) is 0 Å². The zero-order valence-electron chi connectivity index (χ0n) is 14.2. The quantitative estimate of drug-likeness (QED) is 0.905. The van der Waals surface area contributed by atoms with Crippen LogP contribution < -0.4 is 10.9 Å². The summed E-state index contributed by atoms with van der Waals surface area (Å²) in [5, 5.41) is 2.17. The van der Waals surface area contributed by atoms with Gasteiger partial charge in [-0.15, -0.1) is 0 Å². The summed E-state index contributed by atoms with van der Waals surface area (Å²) < 4.78 is 40.2. The van der Waals surface area contributed by atoms with E-state index < -0.39 is 34.7 Å². The van der Waals surface area contributed by atoms with Crippen molar-refractivity contribution in [1.29, 1.82) is 0 Å². The second kappa shape index (κ2) is 7.03. The molecule has 0 saturated heterocycles. The molecule has 0 aliphatic rings. The average molecular weight is 367 g/mol. The van der Waals surface area contributed by atoms with Crippen LogP contribution in [0.1, 0.15) is 26.3 Å². The summed E-state index contributed by atoms with van der Waals surface area (Å²) in [6, 6.07) is 5.37. The van der Waals surface area contributed by atoms with Crippen LogP contribution in [0.25, 0.3) is 0 Å². The Morgan fingerprint density at radius 1 is 1.15 bits per heavy atom. The molecule has 0 spiro atoms. The molecule has 0 radical (unpaired) electrons. The molecule has 26 heavy (non-hydrogen) atoms. The molecule has 0 unspecified atom stereocenters. The fourth-order valence-corrected chi connectivity index (χ4v) is 2.29. The second-order valence-corrected chi connectivity index (χ2v) is 5.76. The summed E-state index contributed by atoms with van der Waals surface area (Å²) in [7, 11) is 4.38. The Morgan fingerprint density at radius 3 is 2.35 bits per heavy atom. The lowest BCUT2D eigenvalue weighted by atomic mass is 10.1. The number of anilines is 1. The number of nitrogens with one attached hydrogen (secondary N) is 1. The number of aromatic nitrogens is 1. The molecule has 0 aliphatic heterocycles. The number of carbonyl (C=O) groups is 2. The highest BCUT2D eigenvalue weighted by molar-refractivity contribution is 6.06. The van der Waals surface area contributed by atoms with Crippen molar-refractivity contribution in [3.8, 4) is 0 Å². The van der Waals surface area contributed by atoms with Crippen LogP contribution >= 0.6 is 0 Å². The molecule has 0 aliphatic carbocycles. The second-order valence-electron chi connectivity index (χ2n) is 5.76. The van der Waals surface area contributed by atoms with E-state index in [0.29, 0.717) is 0 Å². The minimum absolute atomic E-state index is 0.108. The lowest BCUT2D eigenvalue weighted by molar-refractivity contribution is -0.137. The van der Waals surface area contributed by atoms with Crippen molar-refractivity contribution in [2.75, 3.05) is 19.4 Å². The van der Waals surface area contributed by atoms with Crippen LogP contribution in [0.4, 0.5) is 18.9 Å². The molecule has 1 N–H and O–H groups in total. The van der Waals surface area contributed by atoms with Crippen molar-refractivity contribution in [3.63, 3.8) is 0 Å². The van der Waals surface area contributed by atoms with E-state index in [1.165, 1.54) is 38.3 Å². The van der Waals surface area contributed by atoms with Gasteiger partial charge in [0.2, 0.25) is 0 Å². The van der Waals surface area contributed by atoms with Crippen LogP contribution in [0.3, 0.4) is 0 Å². The molecule has 2 aromatic rings. The number of benzene rings is 1. The summed E-state index contributed by atoms with van der Waals surface area (Å²) >= 11 is 0. The zero-order valence-corrected chi connectivity index (χ0v) is 14.2. The maximum Gasteiger partial charge on any atom is 0.417 e. The van der Waals surface area contributed by atoms with Crippen LogP contribution in [-0.2, 0) is 13.2 Å². The van der Waals surface area contributed by atoms with E-state index in [2.05, 4.69) is 5.32 Å². The molecule has 0 bridgehead atoms. The Labute approximate surface area is 146 Å². The Kier molecular flexibility index (Phi) is 5.20. The average Bonchev–Trinajstić information content (AvgIpc) is 2.57. The Hall–Kier alpha value is -3.10. The summed E-state index contributed by atoms with van der Waals surface area (Å²) in [6.45, 7) is 0. The summed E-state index contributed by atoms with van der Waals surface area (Å²) in [6.07, 6.45) is -3.44. The molecular formula is C17H16F3N3O3. The van der Waals surface area contributed by atoms with Crippen LogP contribution in [-0.4, -0.2) is 35.4 Å². The predicted molar refractivity (Wildman–Crippen MR) is 89.1 cm³/mol. The number of carbonyl (C=O) groups excluding carboxylic acids is 2. The van der Waals surface area contributed by atoms with Crippen molar-refractivity contribution in [2.45, 2.75) is 6.18 Å². The highest BCUT2D eigenvalue weighted by atomic mass is 19.4. The number of amides is 2. The Balaban J connectivity index is 2.45. The number of pyridine rings is 1. The van der Waals surface area contributed by atoms with E-state index in [-0.39, 0.29) is 11.3 Å². The molecule has 0 fully saturated rings. The molecular weight excluding hydrogens is 351 g/mol. The fourth-order valence-electron chi connectivity index (χ4n) is 2.29. The van der Waals surface area contributed by atoms with Crippen molar-refractivity contribution in [2.24, 2.45) is 7.05 Å². The van der Waals surface area contributed by atoms with Gasteiger partial charge in [0.1, 0.15) is 5.69 Å². The van der Waals surface area contributed by atoms with E-state index >= 15 is 0 Å². The zero-order chi connectivity index (χ0) is 19.6. The molecule has 0 atom stereocenters. The SMILES string of the molecule is CN(C)C(=O)c1cc(NC(=O)c2ccccc2C(F)(F)F)c(=O)n(C)c1. The van der Waals surface area contributed by atoms with Gasteiger partial charge in [0, 0.05) is 27.3 Å². The third kappa shape index (κ3) is 3.93. The molecule has 9 heteroatoms. The first kappa shape index (κ1) is 19.2.